The zero-order chi connectivity index (χ0) is 9.23. The van der Waals surface area contributed by atoms with Crippen molar-refractivity contribution in [3.63, 3.8) is 0 Å². The van der Waals surface area contributed by atoms with Gasteiger partial charge in [0.05, 0.1) is 0 Å². The molecule has 0 aliphatic rings. The second kappa shape index (κ2) is 8.41. The summed E-state index contributed by atoms with van der Waals surface area (Å²) in [5, 5.41) is 3.72. The number of hydrogen-bond acceptors (Lipinski definition) is 1. The van der Waals surface area contributed by atoms with Crippen LogP contribution in [0.5, 0.6) is 0 Å². The van der Waals surface area contributed by atoms with Crippen molar-refractivity contribution < 1.29 is 0 Å². The first-order chi connectivity index (χ1) is 5.85. The van der Waals surface area contributed by atoms with Crippen LogP contribution in [0.1, 0.15) is 52.4 Å². The van der Waals surface area contributed by atoms with E-state index in [9.17, 15) is 0 Å². The van der Waals surface area contributed by atoms with Crippen molar-refractivity contribution in [2.24, 2.45) is 5.11 Å². The molecular formula is C9H19N3. The SMILES string of the molecule is CCCCCC[C@H](CC)N=[N+]=[N-]. The van der Waals surface area contributed by atoms with E-state index in [1.54, 1.807) is 0 Å². The molecule has 0 aromatic rings. The Bertz CT molecular complexity index is 139. The predicted octanol–water partition coefficient (Wildman–Crippen LogP) is 4.05. The van der Waals surface area contributed by atoms with E-state index in [1.807, 2.05) is 0 Å². The van der Waals surface area contributed by atoms with Gasteiger partial charge in [0.1, 0.15) is 0 Å². The highest BCUT2D eigenvalue weighted by Gasteiger charge is 2.01. The highest BCUT2D eigenvalue weighted by atomic mass is 15.1. The molecule has 0 saturated heterocycles. The Morgan fingerprint density at radius 1 is 1.25 bits per heavy atom. The van der Waals surface area contributed by atoms with Crippen LogP contribution in [0.3, 0.4) is 0 Å². The molecular weight excluding hydrogens is 150 g/mol. The average molecular weight is 169 g/mol. The number of nitrogens with zero attached hydrogens (tertiary/aromatic N) is 3. The maximum Gasteiger partial charge on any atom is 0.0371 e. The molecule has 0 spiro atoms. The number of hydrogen-bond donors (Lipinski definition) is 0. The zero-order valence-corrected chi connectivity index (χ0v) is 8.16. The van der Waals surface area contributed by atoms with E-state index in [-0.39, 0.29) is 6.04 Å². The highest BCUT2D eigenvalue weighted by Crippen LogP contribution is 2.10. The molecule has 0 fully saturated rings. The normalized spacial score (nSPS) is 12.2. The van der Waals surface area contributed by atoms with E-state index in [0.717, 1.165) is 12.8 Å². The lowest BCUT2D eigenvalue weighted by Gasteiger charge is -2.06. The van der Waals surface area contributed by atoms with Crippen LogP contribution >= 0.6 is 0 Å². The van der Waals surface area contributed by atoms with Crippen molar-refractivity contribution in [1.29, 1.82) is 0 Å². The summed E-state index contributed by atoms with van der Waals surface area (Å²) in [7, 11) is 0. The summed E-state index contributed by atoms with van der Waals surface area (Å²) in [6.07, 6.45) is 7.06. The van der Waals surface area contributed by atoms with Gasteiger partial charge in [0, 0.05) is 11.0 Å². The fourth-order valence-corrected chi connectivity index (χ4v) is 1.22. The van der Waals surface area contributed by atoms with E-state index in [4.69, 9.17) is 5.53 Å². The number of unbranched alkanes of at least 4 members (excludes halogenated alkanes) is 3. The molecule has 0 saturated carbocycles. The van der Waals surface area contributed by atoms with Crippen LogP contribution in [0.4, 0.5) is 0 Å². The molecule has 0 aromatic heterocycles. The standard InChI is InChI=1S/C9H19N3/c1-3-5-6-7-8-9(4-2)11-12-10/h9H,3-8H2,1-2H3/t9-/m0/s1. The lowest BCUT2D eigenvalue weighted by atomic mass is 10.1. The Morgan fingerprint density at radius 2 is 2.00 bits per heavy atom. The molecule has 70 valence electrons. The first kappa shape index (κ1) is 11.3. The van der Waals surface area contributed by atoms with Gasteiger partial charge in [0.15, 0.2) is 0 Å². The summed E-state index contributed by atoms with van der Waals surface area (Å²) in [5.74, 6) is 0. The number of rotatable bonds is 7. The molecule has 0 aromatic carbocycles. The molecule has 0 aliphatic carbocycles. The van der Waals surface area contributed by atoms with Crippen molar-refractivity contribution in [1.82, 2.24) is 0 Å². The first-order valence-corrected chi connectivity index (χ1v) is 4.89. The lowest BCUT2D eigenvalue weighted by molar-refractivity contribution is 0.536. The van der Waals surface area contributed by atoms with Gasteiger partial charge in [-0.1, -0.05) is 44.6 Å². The van der Waals surface area contributed by atoms with E-state index in [0.29, 0.717) is 0 Å². The monoisotopic (exact) mass is 169 g/mol. The quantitative estimate of drug-likeness (QED) is 0.239. The molecule has 3 heteroatoms. The van der Waals surface area contributed by atoms with Gasteiger partial charge in [-0.3, -0.25) is 0 Å². The molecule has 1 atom stereocenters. The summed E-state index contributed by atoms with van der Waals surface area (Å²) in [6.45, 7) is 4.27. The van der Waals surface area contributed by atoms with Crippen LogP contribution in [0, 0.1) is 0 Å². The molecule has 0 bridgehead atoms. The largest absolute Gasteiger partial charge is 0.0906 e. The summed E-state index contributed by atoms with van der Waals surface area (Å²) >= 11 is 0. The van der Waals surface area contributed by atoms with Gasteiger partial charge in [-0.25, -0.2) is 0 Å². The van der Waals surface area contributed by atoms with Crippen LogP contribution in [0.25, 0.3) is 10.4 Å². The van der Waals surface area contributed by atoms with E-state index < -0.39 is 0 Å². The minimum absolute atomic E-state index is 0.229. The van der Waals surface area contributed by atoms with Crippen LogP contribution < -0.4 is 0 Å². The second-order valence-electron chi connectivity index (χ2n) is 3.12. The van der Waals surface area contributed by atoms with Crippen LogP contribution in [-0.2, 0) is 0 Å². The smallest absolute Gasteiger partial charge is 0.0371 e. The van der Waals surface area contributed by atoms with Gasteiger partial charge in [-0.2, -0.15) is 0 Å². The summed E-state index contributed by atoms with van der Waals surface area (Å²) < 4.78 is 0. The fourth-order valence-electron chi connectivity index (χ4n) is 1.22. The van der Waals surface area contributed by atoms with Gasteiger partial charge in [0.25, 0.3) is 0 Å². The number of azide groups is 1. The molecule has 12 heavy (non-hydrogen) atoms. The Morgan fingerprint density at radius 3 is 2.50 bits per heavy atom. The fraction of sp³-hybridized carbons (Fsp3) is 1.00. The topological polar surface area (TPSA) is 48.8 Å². The van der Waals surface area contributed by atoms with Crippen molar-refractivity contribution >= 4 is 0 Å². The summed E-state index contributed by atoms with van der Waals surface area (Å²) in [6, 6.07) is 0.229. The van der Waals surface area contributed by atoms with Gasteiger partial charge in [-0.05, 0) is 18.4 Å². The van der Waals surface area contributed by atoms with Gasteiger partial charge in [-0.15, -0.1) is 0 Å². The first-order valence-electron chi connectivity index (χ1n) is 4.89. The van der Waals surface area contributed by atoms with Crippen molar-refractivity contribution in [3.8, 4) is 0 Å². The lowest BCUT2D eigenvalue weighted by Crippen LogP contribution is -2.00. The molecule has 0 aliphatic heterocycles. The van der Waals surface area contributed by atoms with E-state index in [2.05, 4.69) is 23.9 Å². The van der Waals surface area contributed by atoms with Crippen molar-refractivity contribution in [3.05, 3.63) is 10.4 Å². The molecule has 3 nitrogen and oxygen atoms in total. The molecule has 0 heterocycles. The molecule has 0 rings (SSSR count). The maximum absolute atomic E-state index is 8.23. The minimum atomic E-state index is 0.229. The van der Waals surface area contributed by atoms with Gasteiger partial charge >= 0.3 is 0 Å². The molecule has 0 radical (unpaired) electrons. The van der Waals surface area contributed by atoms with Crippen molar-refractivity contribution in [2.45, 2.75) is 58.4 Å². The average Bonchev–Trinajstić information content (AvgIpc) is 2.10. The van der Waals surface area contributed by atoms with Gasteiger partial charge in [0.2, 0.25) is 0 Å². The molecule has 0 unspecified atom stereocenters. The third kappa shape index (κ3) is 6.05. The predicted molar refractivity (Wildman–Crippen MR) is 52.0 cm³/mol. The van der Waals surface area contributed by atoms with E-state index >= 15 is 0 Å². The van der Waals surface area contributed by atoms with Crippen molar-refractivity contribution in [2.75, 3.05) is 0 Å². The Balaban J connectivity index is 3.38. The third-order valence-corrected chi connectivity index (χ3v) is 2.08. The van der Waals surface area contributed by atoms with Crippen LogP contribution in [-0.4, -0.2) is 6.04 Å². The minimum Gasteiger partial charge on any atom is -0.0906 e. The van der Waals surface area contributed by atoms with E-state index in [1.165, 1.54) is 25.7 Å². The Labute approximate surface area is 74.8 Å². The maximum atomic E-state index is 8.23. The third-order valence-electron chi connectivity index (χ3n) is 2.08. The second-order valence-corrected chi connectivity index (χ2v) is 3.12. The summed E-state index contributed by atoms with van der Waals surface area (Å²) in [4.78, 5) is 2.83. The zero-order valence-electron chi connectivity index (χ0n) is 8.16. The highest BCUT2D eigenvalue weighted by molar-refractivity contribution is 4.64. The molecule has 0 N–H and O–H groups in total. The van der Waals surface area contributed by atoms with Gasteiger partial charge < -0.3 is 0 Å². The van der Waals surface area contributed by atoms with Crippen LogP contribution in [0.2, 0.25) is 0 Å². The Kier molecular flexibility index (Phi) is 7.92. The van der Waals surface area contributed by atoms with Crippen LogP contribution in [0.15, 0.2) is 5.11 Å². The summed E-state index contributed by atoms with van der Waals surface area (Å²) in [5.41, 5.74) is 8.23. The molecule has 0 amide bonds. The Hall–Kier alpha value is -0.690.